The maximum atomic E-state index is 14.0. The van der Waals surface area contributed by atoms with Gasteiger partial charge in [-0.1, -0.05) is 33.6 Å². The van der Waals surface area contributed by atoms with E-state index in [4.69, 9.17) is 25.8 Å². The molecule has 0 aliphatic rings. The van der Waals surface area contributed by atoms with E-state index >= 15 is 0 Å². The first-order chi connectivity index (χ1) is 14.0. The number of halogens is 3. The highest BCUT2D eigenvalue weighted by Gasteiger charge is 2.13. The molecule has 0 heterocycles. The van der Waals surface area contributed by atoms with E-state index in [-0.39, 0.29) is 6.61 Å². The maximum Gasteiger partial charge on any atom is 0.162 e. The second-order valence-corrected chi connectivity index (χ2v) is 7.43. The standard InChI is InChI=1S/C22H20BrClFNO3/c1-27-16-8-6-15(7-9-16)26-12-14-10-21(28-2)22(11-18(14)23)29-13-17-19(24)4-3-5-20(17)25/h3-11,26H,12-13H2,1-2H3. The molecule has 0 bridgehead atoms. The molecule has 0 aliphatic heterocycles. The van der Waals surface area contributed by atoms with Gasteiger partial charge < -0.3 is 19.5 Å². The summed E-state index contributed by atoms with van der Waals surface area (Å²) in [5.41, 5.74) is 2.25. The van der Waals surface area contributed by atoms with Crippen molar-refractivity contribution >= 4 is 33.2 Å². The third-order valence-electron chi connectivity index (χ3n) is 4.34. The van der Waals surface area contributed by atoms with Gasteiger partial charge in [-0.05, 0) is 54.1 Å². The molecule has 3 aromatic rings. The van der Waals surface area contributed by atoms with Crippen LogP contribution in [-0.4, -0.2) is 14.2 Å². The second kappa shape index (κ2) is 9.85. The lowest BCUT2D eigenvalue weighted by molar-refractivity contribution is 0.279. The smallest absolute Gasteiger partial charge is 0.162 e. The number of hydrogen-bond acceptors (Lipinski definition) is 4. The van der Waals surface area contributed by atoms with Crippen molar-refractivity contribution in [2.75, 3.05) is 19.5 Å². The van der Waals surface area contributed by atoms with E-state index in [9.17, 15) is 4.39 Å². The zero-order valence-corrected chi connectivity index (χ0v) is 18.3. The van der Waals surface area contributed by atoms with Crippen LogP contribution in [0.4, 0.5) is 10.1 Å². The van der Waals surface area contributed by atoms with Crippen molar-refractivity contribution in [2.24, 2.45) is 0 Å². The predicted octanol–water partition coefficient (Wildman–Crippen LogP) is 6.45. The van der Waals surface area contributed by atoms with Gasteiger partial charge in [0.1, 0.15) is 18.2 Å². The first kappa shape index (κ1) is 21.3. The van der Waals surface area contributed by atoms with E-state index < -0.39 is 5.82 Å². The van der Waals surface area contributed by atoms with Gasteiger partial charge in [-0.2, -0.15) is 0 Å². The molecule has 7 heteroatoms. The molecule has 0 fully saturated rings. The fourth-order valence-corrected chi connectivity index (χ4v) is 3.39. The Morgan fingerprint density at radius 1 is 1.00 bits per heavy atom. The summed E-state index contributed by atoms with van der Waals surface area (Å²) in [4.78, 5) is 0. The van der Waals surface area contributed by atoms with Crippen molar-refractivity contribution in [1.82, 2.24) is 0 Å². The summed E-state index contributed by atoms with van der Waals surface area (Å²) in [5, 5.41) is 3.67. The van der Waals surface area contributed by atoms with Gasteiger partial charge in [-0.3, -0.25) is 0 Å². The molecule has 3 rings (SSSR count). The van der Waals surface area contributed by atoms with Gasteiger partial charge in [-0.15, -0.1) is 0 Å². The first-order valence-electron chi connectivity index (χ1n) is 8.82. The SMILES string of the molecule is COc1ccc(NCc2cc(OC)c(OCc3c(F)cccc3Cl)cc2Br)cc1. The summed E-state index contributed by atoms with van der Waals surface area (Å²) in [5.74, 6) is 1.43. The maximum absolute atomic E-state index is 14.0. The number of benzene rings is 3. The summed E-state index contributed by atoms with van der Waals surface area (Å²) in [6.07, 6.45) is 0. The minimum atomic E-state index is -0.407. The topological polar surface area (TPSA) is 39.7 Å². The number of rotatable bonds is 8. The van der Waals surface area contributed by atoms with Crippen LogP contribution in [0.15, 0.2) is 59.1 Å². The Kier molecular flexibility index (Phi) is 7.23. The average molecular weight is 481 g/mol. The molecule has 0 saturated carbocycles. The summed E-state index contributed by atoms with van der Waals surface area (Å²) in [6.45, 7) is 0.570. The molecule has 1 N–H and O–H groups in total. The summed E-state index contributed by atoms with van der Waals surface area (Å²) >= 11 is 9.63. The van der Waals surface area contributed by atoms with Crippen LogP contribution in [0.25, 0.3) is 0 Å². The zero-order chi connectivity index (χ0) is 20.8. The van der Waals surface area contributed by atoms with Crippen LogP contribution < -0.4 is 19.5 Å². The molecule has 4 nitrogen and oxygen atoms in total. The van der Waals surface area contributed by atoms with E-state index in [0.717, 1.165) is 21.5 Å². The largest absolute Gasteiger partial charge is 0.497 e. The van der Waals surface area contributed by atoms with Crippen LogP contribution in [0, 0.1) is 5.82 Å². The average Bonchev–Trinajstić information content (AvgIpc) is 2.73. The van der Waals surface area contributed by atoms with Gasteiger partial charge in [0.25, 0.3) is 0 Å². The molecule has 0 saturated heterocycles. The fraction of sp³-hybridized carbons (Fsp3) is 0.182. The molecular weight excluding hydrogens is 461 g/mol. The lowest BCUT2D eigenvalue weighted by atomic mass is 10.2. The van der Waals surface area contributed by atoms with Crippen LogP contribution in [0.3, 0.4) is 0 Å². The number of hydrogen-bond donors (Lipinski definition) is 1. The molecular formula is C22H20BrClFNO3. The Morgan fingerprint density at radius 3 is 2.41 bits per heavy atom. The zero-order valence-electron chi connectivity index (χ0n) is 16.0. The fourth-order valence-electron chi connectivity index (χ4n) is 2.71. The van der Waals surface area contributed by atoms with Gasteiger partial charge in [0.15, 0.2) is 11.5 Å². The van der Waals surface area contributed by atoms with Crippen molar-refractivity contribution < 1.29 is 18.6 Å². The molecule has 0 aromatic heterocycles. The normalized spacial score (nSPS) is 10.5. The van der Waals surface area contributed by atoms with E-state index in [1.807, 2.05) is 30.3 Å². The number of nitrogens with one attached hydrogen (secondary N) is 1. The van der Waals surface area contributed by atoms with Crippen LogP contribution in [-0.2, 0) is 13.2 Å². The highest BCUT2D eigenvalue weighted by atomic mass is 79.9. The van der Waals surface area contributed by atoms with E-state index in [1.54, 1.807) is 32.4 Å². The second-order valence-electron chi connectivity index (χ2n) is 6.17. The van der Waals surface area contributed by atoms with Gasteiger partial charge in [0, 0.05) is 22.3 Å². The molecule has 152 valence electrons. The van der Waals surface area contributed by atoms with Crippen molar-refractivity contribution in [3.8, 4) is 17.2 Å². The highest BCUT2D eigenvalue weighted by Crippen LogP contribution is 2.35. The highest BCUT2D eigenvalue weighted by molar-refractivity contribution is 9.10. The molecule has 29 heavy (non-hydrogen) atoms. The number of ether oxygens (including phenoxy) is 3. The molecule has 0 amide bonds. The van der Waals surface area contributed by atoms with Crippen molar-refractivity contribution in [2.45, 2.75) is 13.2 Å². The Balaban J connectivity index is 1.72. The molecule has 0 unspecified atom stereocenters. The van der Waals surface area contributed by atoms with Crippen LogP contribution in [0.5, 0.6) is 17.2 Å². The third kappa shape index (κ3) is 5.34. The molecule has 0 aliphatic carbocycles. The van der Waals surface area contributed by atoms with Gasteiger partial charge in [0.05, 0.1) is 19.2 Å². The molecule has 0 spiro atoms. The van der Waals surface area contributed by atoms with Gasteiger partial charge in [-0.25, -0.2) is 4.39 Å². The Hall–Kier alpha value is -2.44. The predicted molar refractivity (Wildman–Crippen MR) is 117 cm³/mol. The Morgan fingerprint density at radius 2 is 1.76 bits per heavy atom. The lowest BCUT2D eigenvalue weighted by Gasteiger charge is -2.15. The van der Waals surface area contributed by atoms with Gasteiger partial charge in [0.2, 0.25) is 0 Å². The third-order valence-corrected chi connectivity index (χ3v) is 5.43. The molecule has 0 atom stereocenters. The van der Waals surface area contributed by atoms with E-state index in [2.05, 4.69) is 21.2 Å². The minimum absolute atomic E-state index is 0.00223. The first-order valence-corrected chi connectivity index (χ1v) is 9.99. The van der Waals surface area contributed by atoms with Crippen molar-refractivity contribution in [3.63, 3.8) is 0 Å². The van der Waals surface area contributed by atoms with Crippen LogP contribution in [0.2, 0.25) is 5.02 Å². The summed E-state index contributed by atoms with van der Waals surface area (Å²) in [6, 6.07) is 15.9. The van der Waals surface area contributed by atoms with Crippen LogP contribution in [0.1, 0.15) is 11.1 Å². The summed E-state index contributed by atoms with van der Waals surface area (Å²) in [7, 11) is 3.20. The number of anilines is 1. The molecule has 0 radical (unpaired) electrons. The molecule has 3 aromatic carbocycles. The van der Waals surface area contributed by atoms with Crippen molar-refractivity contribution in [3.05, 3.63) is 81.0 Å². The Labute approximate surface area is 182 Å². The quantitative estimate of drug-likeness (QED) is 0.402. The van der Waals surface area contributed by atoms with E-state index in [0.29, 0.717) is 28.6 Å². The number of methoxy groups -OCH3 is 2. The van der Waals surface area contributed by atoms with E-state index in [1.165, 1.54) is 6.07 Å². The Bertz CT molecular complexity index is 962. The van der Waals surface area contributed by atoms with Crippen molar-refractivity contribution in [1.29, 1.82) is 0 Å². The summed E-state index contributed by atoms with van der Waals surface area (Å²) < 4.78 is 31.2. The lowest BCUT2D eigenvalue weighted by Crippen LogP contribution is -2.04. The van der Waals surface area contributed by atoms with Gasteiger partial charge >= 0.3 is 0 Å². The van der Waals surface area contributed by atoms with Crippen LogP contribution >= 0.6 is 27.5 Å². The minimum Gasteiger partial charge on any atom is -0.497 e. The monoisotopic (exact) mass is 479 g/mol.